The molecule has 0 aliphatic heterocycles. The Labute approximate surface area is 107 Å². The van der Waals surface area contributed by atoms with E-state index in [0.29, 0.717) is 30.1 Å². The van der Waals surface area contributed by atoms with Crippen molar-refractivity contribution in [2.45, 2.75) is 32.9 Å². The molecule has 2 nitrogen and oxygen atoms in total. The Morgan fingerprint density at radius 3 is 2.76 bits per heavy atom. The Morgan fingerprint density at radius 1 is 1.47 bits per heavy atom. The molecule has 4 heteroatoms. The summed E-state index contributed by atoms with van der Waals surface area (Å²) in [6.07, 6.45) is 0.445. The monoisotopic (exact) mass is 254 g/mol. The van der Waals surface area contributed by atoms with Crippen molar-refractivity contribution in [1.29, 1.82) is 5.26 Å². The first kappa shape index (κ1) is 14.0. The Hall–Kier alpha value is -1.11. The van der Waals surface area contributed by atoms with E-state index in [1.54, 1.807) is 6.07 Å². The first-order valence-corrected chi connectivity index (χ1v) is 5.97. The van der Waals surface area contributed by atoms with Gasteiger partial charge in [0, 0.05) is 36.1 Å². The van der Waals surface area contributed by atoms with Gasteiger partial charge in [-0.1, -0.05) is 11.6 Å². The van der Waals surface area contributed by atoms with E-state index >= 15 is 0 Å². The standard InChI is InChI=1S/C13H16ClFN2/c1-10(2)17(7-3-6-16)9-11-8-12(14)4-5-13(11)15/h4-5,8,10H,3,7,9H2,1-2H3. The third kappa shape index (κ3) is 4.33. The zero-order valence-corrected chi connectivity index (χ0v) is 10.8. The van der Waals surface area contributed by atoms with Crippen LogP contribution < -0.4 is 0 Å². The molecule has 0 unspecified atom stereocenters. The van der Waals surface area contributed by atoms with Crippen LogP contribution in [0.2, 0.25) is 5.02 Å². The number of halogens is 2. The van der Waals surface area contributed by atoms with Crippen molar-refractivity contribution in [3.05, 3.63) is 34.6 Å². The Bertz CT molecular complexity index is 412. The molecule has 0 saturated carbocycles. The Morgan fingerprint density at radius 2 is 2.18 bits per heavy atom. The van der Waals surface area contributed by atoms with Gasteiger partial charge in [-0.3, -0.25) is 4.90 Å². The third-order valence-corrected chi connectivity index (χ3v) is 2.86. The zero-order chi connectivity index (χ0) is 12.8. The molecule has 0 saturated heterocycles. The van der Waals surface area contributed by atoms with E-state index in [4.69, 9.17) is 16.9 Å². The number of hydrogen-bond donors (Lipinski definition) is 0. The smallest absolute Gasteiger partial charge is 0.127 e. The molecule has 1 aromatic carbocycles. The molecule has 17 heavy (non-hydrogen) atoms. The van der Waals surface area contributed by atoms with Crippen LogP contribution in [0.1, 0.15) is 25.8 Å². The van der Waals surface area contributed by atoms with E-state index in [0.717, 1.165) is 0 Å². The van der Waals surface area contributed by atoms with Crippen molar-refractivity contribution in [3.63, 3.8) is 0 Å². The first-order valence-electron chi connectivity index (χ1n) is 5.59. The van der Waals surface area contributed by atoms with Gasteiger partial charge in [-0.15, -0.1) is 0 Å². The van der Waals surface area contributed by atoms with Gasteiger partial charge in [0.05, 0.1) is 6.07 Å². The number of rotatable bonds is 5. The number of nitriles is 1. The molecule has 0 radical (unpaired) electrons. The lowest BCUT2D eigenvalue weighted by atomic mass is 10.1. The lowest BCUT2D eigenvalue weighted by molar-refractivity contribution is 0.215. The quantitative estimate of drug-likeness (QED) is 0.803. The molecular weight excluding hydrogens is 239 g/mol. The van der Waals surface area contributed by atoms with Crippen LogP contribution in [-0.4, -0.2) is 17.5 Å². The van der Waals surface area contributed by atoms with Gasteiger partial charge in [-0.25, -0.2) is 4.39 Å². The average Bonchev–Trinajstić information content (AvgIpc) is 2.28. The zero-order valence-electron chi connectivity index (χ0n) is 10.1. The van der Waals surface area contributed by atoms with E-state index in [2.05, 4.69) is 11.0 Å². The summed E-state index contributed by atoms with van der Waals surface area (Å²) in [5.74, 6) is -0.253. The van der Waals surface area contributed by atoms with Gasteiger partial charge in [-0.2, -0.15) is 5.26 Å². The fraction of sp³-hybridized carbons (Fsp3) is 0.462. The van der Waals surface area contributed by atoms with Crippen LogP contribution in [0.3, 0.4) is 0 Å². The van der Waals surface area contributed by atoms with Crippen LogP contribution in [0.5, 0.6) is 0 Å². The highest BCUT2D eigenvalue weighted by molar-refractivity contribution is 6.30. The fourth-order valence-electron chi connectivity index (χ4n) is 1.60. The molecule has 0 amide bonds. The third-order valence-electron chi connectivity index (χ3n) is 2.62. The number of benzene rings is 1. The lowest BCUT2D eigenvalue weighted by Crippen LogP contribution is -2.31. The second-order valence-corrected chi connectivity index (χ2v) is 4.64. The molecule has 0 aliphatic rings. The number of hydrogen-bond acceptors (Lipinski definition) is 2. The molecule has 92 valence electrons. The molecule has 0 spiro atoms. The van der Waals surface area contributed by atoms with Crippen molar-refractivity contribution in [3.8, 4) is 6.07 Å². The maximum atomic E-state index is 13.6. The van der Waals surface area contributed by atoms with Crippen LogP contribution in [0.4, 0.5) is 4.39 Å². The Kier molecular flexibility index (Phi) is 5.40. The predicted octanol–water partition coefficient (Wildman–Crippen LogP) is 3.60. The van der Waals surface area contributed by atoms with E-state index in [9.17, 15) is 4.39 Å². The van der Waals surface area contributed by atoms with E-state index in [1.165, 1.54) is 12.1 Å². The van der Waals surface area contributed by atoms with Crippen molar-refractivity contribution >= 4 is 11.6 Å². The Balaban J connectivity index is 2.78. The summed E-state index contributed by atoms with van der Waals surface area (Å²) in [5.41, 5.74) is 0.573. The van der Waals surface area contributed by atoms with Gasteiger partial charge in [0.1, 0.15) is 5.82 Å². The molecule has 1 aromatic rings. The van der Waals surface area contributed by atoms with Crippen molar-refractivity contribution in [2.24, 2.45) is 0 Å². The molecule has 0 heterocycles. The highest BCUT2D eigenvalue weighted by Crippen LogP contribution is 2.17. The van der Waals surface area contributed by atoms with E-state index in [-0.39, 0.29) is 11.9 Å². The average molecular weight is 255 g/mol. The minimum atomic E-state index is -0.253. The minimum absolute atomic E-state index is 0.253. The molecule has 0 atom stereocenters. The summed E-state index contributed by atoms with van der Waals surface area (Å²) in [6.45, 7) is 5.17. The van der Waals surface area contributed by atoms with Crippen LogP contribution >= 0.6 is 11.6 Å². The van der Waals surface area contributed by atoms with Gasteiger partial charge in [0.25, 0.3) is 0 Å². The molecule has 0 aliphatic carbocycles. The molecule has 0 aromatic heterocycles. The summed E-state index contributed by atoms with van der Waals surface area (Å²) >= 11 is 5.85. The predicted molar refractivity (Wildman–Crippen MR) is 67.2 cm³/mol. The fourth-order valence-corrected chi connectivity index (χ4v) is 1.79. The summed E-state index contributed by atoms with van der Waals surface area (Å²) in [5, 5.41) is 9.12. The van der Waals surface area contributed by atoms with Crippen LogP contribution in [-0.2, 0) is 6.54 Å². The largest absolute Gasteiger partial charge is 0.296 e. The minimum Gasteiger partial charge on any atom is -0.296 e. The normalized spacial score (nSPS) is 10.9. The molecule has 0 N–H and O–H groups in total. The van der Waals surface area contributed by atoms with E-state index in [1.807, 2.05) is 13.8 Å². The van der Waals surface area contributed by atoms with Gasteiger partial charge < -0.3 is 0 Å². The summed E-state index contributed by atoms with van der Waals surface area (Å²) < 4.78 is 13.6. The van der Waals surface area contributed by atoms with Crippen LogP contribution in [0.25, 0.3) is 0 Å². The second kappa shape index (κ2) is 6.58. The molecular formula is C13H16ClFN2. The highest BCUT2D eigenvalue weighted by Gasteiger charge is 2.12. The molecule has 1 rings (SSSR count). The van der Waals surface area contributed by atoms with Gasteiger partial charge in [0.15, 0.2) is 0 Å². The summed E-state index contributed by atoms with van der Waals surface area (Å²) in [4.78, 5) is 2.05. The van der Waals surface area contributed by atoms with Crippen molar-refractivity contribution in [1.82, 2.24) is 4.90 Å². The summed E-state index contributed by atoms with van der Waals surface area (Å²) in [6, 6.07) is 6.92. The van der Waals surface area contributed by atoms with Crippen molar-refractivity contribution < 1.29 is 4.39 Å². The second-order valence-electron chi connectivity index (χ2n) is 4.21. The van der Waals surface area contributed by atoms with Gasteiger partial charge >= 0.3 is 0 Å². The first-order chi connectivity index (χ1) is 8.04. The van der Waals surface area contributed by atoms with Crippen LogP contribution in [0, 0.1) is 17.1 Å². The molecule has 0 fully saturated rings. The van der Waals surface area contributed by atoms with Gasteiger partial charge in [0.2, 0.25) is 0 Å². The van der Waals surface area contributed by atoms with E-state index < -0.39 is 0 Å². The topological polar surface area (TPSA) is 27.0 Å². The maximum absolute atomic E-state index is 13.6. The van der Waals surface area contributed by atoms with Crippen LogP contribution in [0.15, 0.2) is 18.2 Å². The maximum Gasteiger partial charge on any atom is 0.127 e. The summed E-state index contributed by atoms with van der Waals surface area (Å²) in [7, 11) is 0. The van der Waals surface area contributed by atoms with Gasteiger partial charge in [-0.05, 0) is 32.0 Å². The highest BCUT2D eigenvalue weighted by atomic mass is 35.5. The number of nitrogens with zero attached hydrogens (tertiary/aromatic N) is 2. The lowest BCUT2D eigenvalue weighted by Gasteiger charge is -2.25. The van der Waals surface area contributed by atoms with Crippen molar-refractivity contribution in [2.75, 3.05) is 6.54 Å². The molecule has 0 bridgehead atoms. The SMILES string of the molecule is CC(C)N(CCC#N)Cc1cc(Cl)ccc1F.